The number of aryl methyl sites for hydroxylation is 1. The highest BCUT2D eigenvalue weighted by Gasteiger charge is 2.20. The molecule has 0 fully saturated rings. The number of carbonyl (C=O) groups excluding carboxylic acids is 1. The molecule has 0 saturated heterocycles. The van der Waals surface area contributed by atoms with Gasteiger partial charge in [0.1, 0.15) is 11.9 Å². The van der Waals surface area contributed by atoms with Gasteiger partial charge >= 0.3 is 0 Å². The van der Waals surface area contributed by atoms with Crippen molar-refractivity contribution in [2.24, 2.45) is 5.41 Å². The lowest BCUT2D eigenvalue weighted by Gasteiger charge is -2.28. The van der Waals surface area contributed by atoms with Crippen LogP contribution in [0.4, 0.5) is 21.7 Å². The number of nitrogens with zero attached hydrogens (tertiary/aromatic N) is 3. The summed E-state index contributed by atoms with van der Waals surface area (Å²) in [7, 11) is 3.16. The number of halogens is 1. The fourth-order valence-corrected chi connectivity index (χ4v) is 2.90. The molecule has 2 N–H and O–H groups in total. The fourth-order valence-electron chi connectivity index (χ4n) is 2.90. The van der Waals surface area contributed by atoms with Gasteiger partial charge in [0.05, 0.1) is 12.7 Å². The maximum atomic E-state index is 14.6. The van der Waals surface area contributed by atoms with E-state index in [4.69, 9.17) is 0 Å². The van der Waals surface area contributed by atoms with Gasteiger partial charge in [0.15, 0.2) is 11.6 Å². The van der Waals surface area contributed by atoms with Gasteiger partial charge in [0, 0.05) is 24.8 Å². The Morgan fingerprint density at radius 3 is 2.62 bits per heavy atom. The number of benzene rings is 1. The molecule has 2 rings (SSSR count). The summed E-state index contributed by atoms with van der Waals surface area (Å²) in [5.41, 5.74) is 4.03. The summed E-state index contributed by atoms with van der Waals surface area (Å²) in [5.74, 6) is -0.709. The topological polar surface area (TPSA) is 90.3 Å². The third kappa shape index (κ3) is 5.65. The molecular formula is C21H26FN5O2. The van der Waals surface area contributed by atoms with E-state index in [0.29, 0.717) is 23.6 Å². The van der Waals surface area contributed by atoms with Crippen molar-refractivity contribution in [2.75, 3.05) is 30.9 Å². The summed E-state index contributed by atoms with van der Waals surface area (Å²) in [5, 5.41) is 12.3. The lowest BCUT2D eigenvalue weighted by atomic mass is 9.96. The molecule has 0 atom stereocenters. The first-order chi connectivity index (χ1) is 13.6. The van der Waals surface area contributed by atoms with Crippen molar-refractivity contribution in [3.63, 3.8) is 0 Å². The zero-order valence-corrected chi connectivity index (χ0v) is 17.6. The molecule has 0 radical (unpaired) electrons. The number of rotatable bonds is 6. The molecule has 1 aromatic heterocycles. The molecule has 0 aliphatic carbocycles. The van der Waals surface area contributed by atoms with E-state index >= 15 is 0 Å². The fraction of sp³-hybridized carbons (Fsp3) is 0.381. The third-order valence-corrected chi connectivity index (χ3v) is 4.10. The third-order valence-electron chi connectivity index (χ3n) is 4.10. The van der Waals surface area contributed by atoms with E-state index < -0.39 is 11.7 Å². The molecule has 1 heterocycles. The van der Waals surface area contributed by atoms with E-state index in [-0.39, 0.29) is 16.8 Å². The van der Waals surface area contributed by atoms with Gasteiger partial charge in [-0.1, -0.05) is 26.8 Å². The predicted octanol–water partition coefficient (Wildman–Crippen LogP) is 3.92. The highest BCUT2D eigenvalue weighted by Crippen LogP contribution is 2.28. The van der Waals surface area contributed by atoms with Gasteiger partial charge in [-0.3, -0.25) is 9.63 Å². The number of hydroxylamine groups is 1. The van der Waals surface area contributed by atoms with Crippen molar-refractivity contribution in [3.8, 4) is 6.07 Å². The molecule has 1 aromatic carbocycles. The average molecular weight is 399 g/mol. The van der Waals surface area contributed by atoms with Gasteiger partial charge in [-0.15, -0.1) is 0 Å². The number of nitrogens with one attached hydrogen (secondary N) is 2. The number of aromatic nitrogens is 1. The summed E-state index contributed by atoms with van der Waals surface area (Å²) in [6, 6.07) is 8.13. The van der Waals surface area contributed by atoms with Gasteiger partial charge in [-0.25, -0.2) is 14.9 Å². The standard InChI is InChI=1S/C21H26FN5O2/c1-13-7-8-14(20(28)26-29-6)10-17(13)24-18-16(22)9-15(11-23)19(25-18)27(5)12-21(2,3)4/h7-10H,12H2,1-6H3,(H,24,25)(H,26,28). The van der Waals surface area contributed by atoms with Crippen LogP contribution in [-0.2, 0) is 4.84 Å². The molecule has 154 valence electrons. The van der Waals surface area contributed by atoms with E-state index in [1.54, 1.807) is 18.2 Å². The Balaban J connectivity index is 2.43. The van der Waals surface area contributed by atoms with Crippen LogP contribution in [0.3, 0.4) is 0 Å². The molecule has 1 amide bonds. The predicted molar refractivity (Wildman–Crippen MR) is 111 cm³/mol. The monoisotopic (exact) mass is 399 g/mol. The maximum absolute atomic E-state index is 14.6. The minimum Gasteiger partial charge on any atom is -0.358 e. The Kier molecular flexibility index (Phi) is 6.77. The summed E-state index contributed by atoms with van der Waals surface area (Å²) >= 11 is 0. The molecule has 0 aliphatic heterocycles. The molecule has 0 unspecified atom stereocenters. The summed E-state index contributed by atoms with van der Waals surface area (Å²) in [6.07, 6.45) is 0. The lowest BCUT2D eigenvalue weighted by molar-refractivity contribution is 0.0537. The maximum Gasteiger partial charge on any atom is 0.274 e. The van der Waals surface area contributed by atoms with Crippen LogP contribution in [0.1, 0.15) is 42.3 Å². The highest BCUT2D eigenvalue weighted by atomic mass is 19.1. The lowest BCUT2D eigenvalue weighted by Crippen LogP contribution is -2.30. The van der Waals surface area contributed by atoms with Gasteiger partial charge in [0.25, 0.3) is 5.91 Å². The summed E-state index contributed by atoms with van der Waals surface area (Å²) in [6.45, 7) is 8.66. The second-order valence-electron chi connectivity index (χ2n) is 8.01. The minimum absolute atomic E-state index is 0.0211. The Bertz CT molecular complexity index is 947. The quantitative estimate of drug-likeness (QED) is 0.716. The minimum atomic E-state index is -0.652. The summed E-state index contributed by atoms with van der Waals surface area (Å²) in [4.78, 5) is 22.8. The van der Waals surface area contributed by atoms with Crippen LogP contribution < -0.4 is 15.7 Å². The van der Waals surface area contributed by atoms with Crippen LogP contribution in [0.15, 0.2) is 24.3 Å². The molecule has 7 nitrogen and oxygen atoms in total. The van der Waals surface area contributed by atoms with E-state index in [1.807, 2.05) is 24.9 Å². The molecule has 0 saturated carbocycles. The van der Waals surface area contributed by atoms with E-state index in [9.17, 15) is 14.4 Å². The second-order valence-corrected chi connectivity index (χ2v) is 8.01. The van der Waals surface area contributed by atoms with Gasteiger partial charge in [0.2, 0.25) is 0 Å². The van der Waals surface area contributed by atoms with Crippen molar-refractivity contribution in [3.05, 3.63) is 46.8 Å². The molecule has 0 bridgehead atoms. The van der Waals surface area contributed by atoms with Gasteiger partial charge in [-0.05, 0) is 36.1 Å². The molecule has 29 heavy (non-hydrogen) atoms. The van der Waals surface area contributed by atoms with Crippen molar-refractivity contribution >= 4 is 23.2 Å². The number of nitriles is 1. The smallest absolute Gasteiger partial charge is 0.274 e. The first-order valence-electron chi connectivity index (χ1n) is 9.08. The van der Waals surface area contributed by atoms with Crippen LogP contribution in [0, 0.1) is 29.5 Å². The van der Waals surface area contributed by atoms with Crippen molar-refractivity contribution < 1.29 is 14.0 Å². The van der Waals surface area contributed by atoms with E-state index in [1.165, 1.54) is 13.2 Å². The number of pyridine rings is 1. The van der Waals surface area contributed by atoms with Crippen LogP contribution in [0.5, 0.6) is 0 Å². The van der Waals surface area contributed by atoms with Gasteiger partial charge < -0.3 is 10.2 Å². The van der Waals surface area contributed by atoms with Crippen molar-refractivity contribution in [2.45, 2.75) is 27.7 Å². The van der Waals surface area contributed by atoms with Crippen LogP contribution in [-0.4, -0.2) is 31.6 Å². The first-order valence-corrected chi connectivity index (χ1v) is 9.08. The second kappa shape index (κ2) is 8.88. The zero-order valence-electron chi connectivity index (χ0n) is 17.6. The van der Waals surface area contributed by atoms with Crippen molar-refractivity contribution in [1.29, 1.82) is 5.26 Å². The van der Waals surface area contributed by atoms with Gasteiger partial charge in [-0.2, -0.15) is 5.26 Å². The van der Waals surface area contributed by atoms with E-state index in [0.717, 1.165) is 5.56 Å². The van der Waals surface area contributed by atoms with Crippen LogP contribution in [0.2, 0.25) is 0 Å². The average Bonchev–Trinajstić information content (AvgIpc) is 2.63. The van der Waals surface area contributed by atoms with E-state index in [2.05, 4.69) is 41.4 Å². The summed E-state index contributed by atoms with van der Waals surface area (Å²) < 4.78 is 14.6. The Hall–Kier alpha value is -3.18. The van der Waals surface area contributed by atoms with Crippen molar-refractivity contribution in [1.82, 2.24) is 10.5 Å². The normalized spacial score (nSPS) is 11.0. The molecular weight excluding hydrogens is 373 g/mol. The molecule has 8 heteroatoms. The van der Waals surface area contributed by atoms with Crippen LogP contribution in [0.25, 0.3) is 0 Å². The molecule has 0 aliphatic rings. The molecule has 0 spiro atoms. The largest absolute Gasteiger partial charge is 0.358 e. The SMILES string of the molecule is CONC(=O)c1ccc(C)c(Nc2nc(N(C)CC(C)(C)C)c(C#N)cc2F)c1. The zero-order chi connectivity index (χ0) is 21.8. The number of hydrogen-bond acceptors (Lipinski definition) is 6. The molecule has 2 aromatic rings. The number of amides is 1. The number of hydrogen-bond donors (Lipinski definition) is 2. The Morgan fingerprint density at radius 2 is 2.03 bits per heavy atom. The Labute approximate surface area is 170 Å². The first kappa shape index (κ1) is 22.1. The number of anilines is 3. The van der Waals surface area contributed by atoms with Crippen LogP contribution >= 0.6 is 0 Å². The Morgan fingerprint density at radius 1 is 1.34 bits per heavy atom. The number of carbonyl (C=O) groups is 1. The highest BCUT2D eigenvalue weighted by molar-refractivity contribution is 5.94.